The molecule has 7 heteroatoms. The Morgan fingerprint density at radius 3 is 2.46 bits per heavy atom. The van der Waals surface area contributed by atoms with E-state index in [0.29, 0.717) is 26.4 Å². The molecule has 0 saturated heterocycles. The minimum Gasteiger partial charge on any atom is -0.323 e. The molecule has 0 heterocycles. The summed E-state index contributed by atoms with van der Waals surface area (Å²) < 4.78 is 0. The summed E-state index contributed by atoms with van der Waals surface area (Å²) in [6, 6.07) is 9.95. The molecule has 0 aromatic heterocycles. The number of rotatable bonds is 4. The summed E-state index contributed by atoms with van der Waals surface area (Å²) in [5.41, 5.74) is 1.70. The monoisotopic (exact) mass is 384 g/mol. The third kappa shape index (κ3) is 4.41. The van der Waals surface area contributed by atoms with Gasteiger partial charge in [-0.2, -0.15) is 0 Å². The molecule has 0 bridgehead atoms. The molecule has 0 aliphatic heterocycles. The van der Waals surface area contributed by atoms with Gasteiger partial charge in [0.15, 0.2) is 0 Å². The third-order valence-electron chi connectivity index (χ3n) is 3.41. The van der Waals surface area contributed by atoms with Crippen LogP contribution in [0.15, 0.2) is 36.4 Å². The van der Waals surface area contributed by atoms with Crippen molar-refractivity contribution in [2.24, 2.45) is 0 Å². The molecule has 0 fully saturated rings. The van der Waals surface area contributed by atoms with Crippen LogP contribution < -0.4 is 10.2 Å². The summed E-state index contributed by atoms with van der Waals surface area (Å²) in [5, 5.41) is 3.99. The SMILES string of the molecule is CC(=O)N(CC(=O)Nc1cc(Cl)ccc1Cl)c1cccc(Cl)c1C. The largest absolute Gasteiger partial charge is 0.323 e. The van der Waals surface area contributed by atoms with E-state index in [1.54, 1.807) is 43.3 Å². The molecule has 0 aliphatic rings. The van der Waals surface area contributed by atoms with Crippen molar-refractivity contribution in [1.29, 1.82) is 0 Å². The molecule has 2 aromatic rings. The summed E-state index contributed by atoms with van der Waals surface area (Å²) in [6.45, 7) is 3.01. The van der Waals surface area contributed by atoms with Crippen LogP contribution in [-0.2, 0) is 9.59 Å². The normalized spacial score (nSPS) is 10.4. The topological polar surface area (TPSA) is 49.4 Å². The van der Waals surface area contributed by atoms with Crippen LogP contribution in [0.1, 0.15) is 12.5 Å². The Bertz CT molecular complexity index is 793. The standard InChI is InChI=1S/C17H15Cl3N2O2/c1-10-13(19)4-3-5-16(10)22(11(2)23)9-17(24)21-15-8-12(18)6-7-14(15)20/h3-8H,9H2,1-2H3,(H,21,24). The highest BCUT2D eigenvalue weighted by atomic mass is 35.5. The number of anilines is 2. The lowest BCUT2D eigenvalue weighted by Gasteiger charge is -2.23. The zero-order valence-corrected chi connectivity index (χ0v) is 15.3. The molecular weight excluding hydrogens is 371 g/mol. The van der Waals surface area contributed by atoms with Gasteiger partial charge in [0.25, 0.3) is 0 Å². The van der Waals surface area contributed by atoms with Crippen molar-refractivity contribution in [3.05, 3.63) is 57.0 Å². The van der Waals surface area contributed by atoms with Crippen LogP contribution in [0.25, 0.3) is 0 Å². The van der Waals surface area contributed by atoms with Crippen molar-refractivity contribution in [1.82, 2.24) is 0 Å². The Hall–Kier alpha value is -1.75. The maximum atomic E-state index is 12.3. The lowest BCUT2D eigenvalue weighted by molar-refractivity contribution is -0.120. The van der Waals surface area contributed by atoms with Crippen molar-refractivity contribution >= 4 is 58.0 Å². The van der Waals surface area contributed by atoms with Crippen molar-refractivity contribution in [2.45, 2.75) is 13.8 Å². The zero-order valence-electron chi connectivity index (χ0n) is 13.1. The van der Waals surface area contributed by atoms with E-state index in [-0.39, 0.29) is 12.5 Å². The van der Waals surface area contributed by atoms with Gasteiger partial charge in [-0.25, -0.2) is 0 Å². The van der Waals surface area contributed by atoms with E-state index in [4.69, 9.17) is 34.8 Å². The first-order valence-corrected chi connectivity index (χ1v) is 8.21. The molecule has 0 spiro atoms. The summed E-state index contributed by atoms with van der Waals surface area (Å²) in [5.74, 6) is -0.665. The second-order valence-electron chi connectivity index (χ2n) is 5.16. The quantitative estimate of drug-likeness (QED) is 0.810. The Morgan fingerprint density at radius 1 is 1.08 bits per heavy atom. The van der Waals surface area contributed by atoms with Crippen LogP contribution in [0.4, 0.5) is 11.4 Å². The van der Waals surface area contributed by atoms with Gasteiger partial charge >= 0.3 is 0 Å². The number of halogens is 3. The van der Waals surface area contributed by atoms with Crippen molar-refractivity contribution in [2.75, 3.05) is 16.8 Å². The van der Waals surface area contributed by atoms with Crippen molar-refractivity contribution in [3.63, 3.8) is 0 Å². The molecular formula is C17H15Cl3N2O2. The van der Waals surface area contributed by atoms with E-state index >= 15 is 0 Å². The minimum absolute atomic E-state index is 0.167. The van der Waals surface area contributed by atoms with Gasteiger partial charge in [0, 0.05) is 22.7 Å². The van der Waals surface area contributed by atoms with Gasteiger partial charge in [-0.3, -0.25) is 9.59 Å². The van der Waals surface area contributed by atoms with Gasteiger partial charge in [0.2, 0.25) is 11.8 Å². The Labute approximate surface area is 155 Å². The number of hydrogen-bond donors (Lipinski definition) is 1. The number of carbonyl (C=O) groups is 2. The molecule has 2 aromatic carbocycles. The number of hydrogen-bond acceptors (Lipinski definition) is 2. The maximum absolute atomic E-state index is 12.3. The molecule has 1 N–H and O–H groups in total. The fourth-order valence-corrected chi connectivity index (χ4v) is 2.69. The van der Waals surface area contributed by atoms with E-state index in [0.717, 1.165) is 5.56 Å². The molecule has 2 amide bonds. The zero-order chi connectivity index (χ0) is 17.9. The van der Waals surface area contributed by atoms with Gasteiger partial charge in [0.05, 0.1) is 10.7 Å². The smallest absolute Gasteiger partial charge is 0.244 e. The predicted octanol–water partition coefficient (Wildman–Crippen LogP) is 4.95. The number of benzene rings is 2. The third-order valence-corrected chi connectivity index (χ3v) is 4.39. The van der Waals surface area contributed by atoms with Crippen LogP contribution in [0, 0.1) is 6.92 Å². The lowest BCUT2D eigenvalue weighted by Crippen LogP contribution is -2.37. The summed E-state index contributed by atoms with van der Waals surface area (Å²) in [6.07, 6.45) is 0. The average Bonchev–Trinajstić information content (AvgIpc) is 2.51. The molecule has 2 rings (SSSR count). The Balaban J connectivity index is 2.22. The molecule has 0 radical (unpaired) electrons. The second-order valence-corrected chi connectivity index (χ2v) is 6.41. The lowest BCUT2D eigenvalue weighted by atomic mass is 10.1. The summed E-state index contributed by atoms with van der Waals surface area (Å²) in [7, 11) is 0. The van der Waals surface area contributed by atoms with Gasteiger partial charge in [-0.1, -0.05) is 40.9 Å². The van der Waals surface area contributed by atoms with Crippen LogP contribution in [0.3, 0.4) is 0 Å². The molecule has 0 saturated carbocycles. The van der Waals surface area contributed by atoms with Crippen LogP contribution >= 0.6 is 34.8 Å². The molecule has 24 heavy (non-hydrogen) atoms. The van der Waals surface area contributed by atoms with Crippen LogP contribution in [0.5, 0.6) is 0 Å². The Kier molecular flexibility index (Phi) is 6.10. The fraction of sp³-hybridized carbons (Fsp3) is 0.176. The molecule has 0 unspecified atom stereocenters. The molecule has 126 valence electrons. The minimum atomic E-state index is -0.395. The first-order valence-electron chi connectivity index (χ1n) is 7.07. The maximum Gasteiger partial charge on any atom is 0.244 e. The van der Waals surface area contributed by atoms with Crippen molar-refractivity contribution < 1.29 is 9.59 Å². The van der Waals surface area contributed by atoms with E-state index in [1.165, 1.54) is 11.8 Å². The summed E-state index contributed by atoms with van der Waals surface area (Å²) >= 11 is 18.0. The highest BCUT2D eigenvalue weighted by Gasteiger charge is 2.19. The van der Waals surface area contributed by atoms with Gasteiger partial charge in [-0.05, 0) is 42.8 Å². The summed E-state index contributed by atoms with van der Waals surface area (Å²) in [4.78, 5) is 25.6. The first-order chi connectivity index (χ1) is 11.3. The first kappa shape index (κ1) is 18.6. The number of nitrogens with one attached hydrogen (secondary N) is 1. The number of carbonyl (C=O) groups excluding carboxylic acids is 2. The predicted molar refractivity (Wildman–Crippen MR) is 99.3 cm³/mol. The second kappa shape index (κ2) is 7.88. The number of nitrogens with zero attached hydrogens (tertiary/aromatic N) is 1. The highest BCUT2D eigenvalue weighted by molar-refractivity contribution is 6.35. The van der Waals surface area contributed by atoms with Crippen LogP contribution in [-0.4, -0.2) is 18.4 Å². The van der Waals surface area contributed by atoms with E-state index in [1.807, 2.05) is 0 Å². The fourth-order valence-electron chi connectivity index (χ4n) is 2.18. The molecule has 4 nitrogen and oxygen atoms in total. The van der Waals surface area contributed by atoms with Crippen LogP contribution in [0.2, 0.25) is 15.1 Å². The van der Waals surface area contributed by atoms with E-state index in [2.05, 4.69) is 5.32 Å². The average molecular weight is 386 g/mol. The molecule has 0 aliphatic carbocycles. The Morgan fingerprint density at radius 2 is 1.79 bits per heavy atom. The van der Waals surface area contributed by atoms with Gasteiger partial charge < -0.3 is 10.2 Å². The van der Waals surface area contributed by atoms with E-state index < -0.39 is 5.91 Å². The van der Waals surface area contributed by atoms with Gasteiger partial charge in [-0.15, -0.1) is 0 Å². The van der Waals surface area contributed by atoms with Gasteiger partial charge in [0.1, 0.15) is 6.54 Å². The molecule has 0 atom stereocenters. The number of amides is 2. The van der Waals surface area contributed by atoms with E-state index in [9.17, 15) is 9.59 Å². The highest BCUT2D eigenvalue weighted by Crippen LogP contribution is 2.28. The van der Waals surface area contributed by atoms with Crippen molar-refractivity contribution in [3.8, 4) is 0 Å².